The molecule has 0 atom stereocenters. The summed E-state index contributed by atoms with van der Waals surface area (Å²) in [4.78, 5) is 12.7. The lowest BCUT2D eigenvalue weighted by Gasteiger charge is -2.21. The number of alkyl halides is 3. The molecule has 0 bridgehead atoms. The molecule has 0 saturated carbocycles. The van der Waals surface area contributed by atoms with E-state index in [2.05, 4.69) is 5.32 Å². The van der Waals surface area contributed by atoms with Crippen molar-refractivity contribution in [2.45, 2.75) is 36.8 Å². The quantitative estimate of drug-likeness (QED) is 0.717. The van der Waals surface area contributed by atoms with Crippen LogP contribution in [0.25, 0.3) is 0 Å². The van der Waals surface area contributed by atoms with Crippen molar-refractivity contribution in [3.8, 4) is 5.75 Å². The van der Waals surface area contributed by atoms with Crippen molar-refractivity contribution >= 4 is 21.6 Å². The van der Waals surface area contributed by atoms with Crippen molar-refractivity contribution in [1.29, 1.82) is 0 Å². The molecular formula is C21H23F3N2O4S. The molecule has 0 unspecified atom stereocenters. The Labute approximate surface area is 179 Å². The Bertz CT molecular complexity index is 1050. The van der Waals surface area contributed by atoms with Crippen LogP contribution in [0.5, 0.6) is 5.75 Å². The second-order valence-electron chi connectivity index (χ2n) is 7.18. The van der Waals surface area contributed by atoms with Gasteiger partial charge in [-0.2, -0.15) is 17.5 Å². The van der Waals surface area contributed by atoms with E-state index in [4.69, 9.17) is 4.74 Å². The fourth-order valence-corrected chi connectivity index (χ4v) is 5.03. The van der Waals surface area contributed by atoms with E-state index in [0.717, 1.165) is 43.9 Å². The monoisotopic (exact) mass is 456 g/mol. The summed E-state index contributed by atoms with van der Waals surface area (Å²) in [5, 5.41) is 2.23. The highest BCUT2D eigenvalue weighted by Crippen LogP contribution is 2.35. The van der Waals surface area contributed by atoms with E-state index in [0.29, 0.717) is 13.1 Å². The summed E-state index contributed by atoms with van der Waals surface area (Å²) in [7, 11) is -2.56. The first-order valence-electron chi connectivity index (χ1n) is 9.80. The van der Waals surface area contributed by atoms with E-state index >= 15 is 0 Å². The second kappa shape index (κ2) is 9.27. The normalized spacial score (nSPS) is 15.9. The first-order valence-corrected chi connectivity index (χ1v) is 11.2. The fourth-order valence-electron chi connectivity index (χ4n) is 3.49. The zero-order chi connectivity index (χ0) is 22.6. The smallest absolute Gasteiger partial charge is 0.418 e. The molecule has 2 aromatic rings. The Hall–Kier alpha value is -2.59. The summed E-state index contributed by atoms with van der Waals surface area (Å²) >= 11 is 0. The molecule has 0 spiro atoms. The van der Waals surface area contributed by atoms with Crippen molar-refractivity contribution < 1.29 is 31.1 Å². The number of ether oxygens (including phenoxy) is 1. The highest BCUT2D eigenvalue weighted by atomic mass is 32.2. The molecular weight excluding hydrogens is 433 g/mol. The molecule has 1 N–H and O–H groups in total. The summed E-state index contributed by atoms with van der Waals surface area (Å²) in [5.74, 6) is -0.849. The Kier molecular flexibility index (Phi) is 6.90. The molecule has 2 aromatic carbocycles. The highest BCUT2D eigenvalue weighted by Gasteiger charge is 2.34. The van der Waals surface area contributed by atoms with Crippen LogP contribution in [0.4, 0.5) is 18.9 Å². The van der Waals surface area contributed by atoms with E-state index in [9.17, 15) is 26.4 Å². The molecule has 1 fully saturated rings. The Morgan fingerprint density at radius 1 is 1.03 bits per heavy atom. The van der Waals surface area contributed by atoms with Gasteiger partial charge in [-0.15, -0.1) is 0 Å². The average Bonchev–Trinajstić information content (AvgIpc) is 3.03. The van der Waals surface area contributed by atoms with Gasteiger partial charge in [-0.25, -0.2) is 8.42 Å². The average molecular weight is 456 g/mol. The van der Waals surface area contributed by atoms with Gasteiger partial charge in [0.1, 0.15) is 5.75 Å². The number of para-hydroxylation sites is 1. The molecule has 1 aliphatic rings. The number of sulfonamides is 1. The molecule has 1 saturated heterocycles. The fraction of sp³-hybridized carbons (Fsp3) is 0.381. The number of nitrogens with one attached hydrogen (secondary N) is 1. The van der Waals surface area contributed by atoms with Crippen molar-refractivity contribution in [3.05, 3.63) is 53.6 Å². The van der Waals surface area contributed by atoms with Crippen molar-refractivity contribution in [3.63, 3.8) is 0 Å². The van der Waals surface area contributed by atoms with Crippen LogP contribution in [-0.4, -0.2) is 38.8 Å². The summed E-state index contributed by atoms with van der Waals surface area (Å²) in [6.45, 7) is 0.768. The van der Waals surface area contributed by atoms with Crippen LogP contribution < -0.4 is 10.1 Å². The standard InChI is InChI=1S/C21H23F3N2O4S/c1-30-19-11-10-15(31(28,29)26-12-6-2-3-7-13-26)14-16(19)20(27)25-18-9-5-4-8-17(18)21(22,23)24/h4-5,8-11,14H,2-3,6-7,12-13H2,1H3,(H,25,27). The largest absolute Gasteiger partial charge is 0.496 e. The molecule has 0 aromatic heterocycles. The molecule has 1 aliphatic heterocycles. The molecule has 0 aliphatic carbocycles. The number of rotatable bonds is 5. The van der Waals surface area contributed by atoms with Crippen molar-refractivity contribution in [2.24, 2.45) is 0 Å². The van der Waals surface area contributed by atoms with Crippen LogP contribution in [0.3, 0.4) is 0 Å². The number of hydrogen-bond acceptors (Lipinski definition) is 4. The lowest BCUT2D eigenvalue weighted by Crippen LogP contribution is -2.32. The third kappa shape index (κ3) is 5.19. The van der Waals surface area contributed by atoms with Crippen LogP contribution >= 0.6 is 0 Å². The molecule has 1 amide bonds. The van der Waals surface area contributed by atoms with E-state index in [-0.39, 0.29) is 16.2 Å². The van der Waals surface area contributed by atoms with Gasteiger partial charge in [-0.05, 0) is 43.2 Å². The summed E-state index contributed by atoms with van der Waals surface area (Å²) in [6.07, 6.45) is -1.28. The maximum absolute atomic E-state index is 13.2. The number of hydrogen-bond donors (Lipinski definition) is 1. The molecule has 31 heavy (non-hydrogen) atoms. The topological polar surface area (TPSA) is 75.7 Å². The zero-order valence-corrected chi connectivity index (χ0v) is 17.7. The van der Waals surface area contributed by atoms with Crippen LogP contribution in [0.2, 0.25) is 0 Å². The molecule has 3 rings (SSSR count). The van der Waals surface area contributed by atoms with Crippen molar-refractivity contribution in [2.75, 3.05) is 25.5 Å². The Morgan fingerprint density at radius 3 is 2.29 bits per heavy atom. The lowest BCUT2D eigenvalue weighted by molar-refractivity contribution is -0.136. The molecule has 0 radical (unpaired) electrons. The number of halogens is 3. The number of anilines is 1. The highest BCUT2D eigenvalue weighted by molar-refractivity contribution is 7.89. The molecule has 10 heteroatoms. The number of amides is 1. The van der Waals surface area contributed by atoms with Crippen molar-refractivity contribution in [1.82, 2.24) is 4.31 Å². The minimum Gasteiger partial charge on any atom is -0.496 e. The van der Waals surface area contributed by atoms with Crippen LogP contribution in [-0.2, 0) is 16.2 Å². The van der Waals surface area contributed by atoms with Crippen LogP contribution in [0, 0.1) is 0 Å². The SMILES string of the molecule is COc1ccc(S(=O)(=O)N2CCCCCC2)cc1C(=O)Nc1ccccc1C(F)(F)F. The van der Waals surface area contributed by atoms with Gasteiger partial charge in [0.2, 0.25) is 10.0 Å². The second-order valence-corrected chi connectivity index (χ2v) is 9.12. The molecule has 168 valence electrons. The van der Waals surface area contributed by atoms with E-state index < -0.39 is 33.4 Å². The van der Waals surface area contributed by atoms with E-state index in [1.165, 1.54) is 35.7 Å². The first kappa shape index (κ1) is 23.1. The van der Waals surface area contributed by atoms with Gasteiger partial charge in [0, 0.05) is 13.1 Å². The van der Waals surface area contributed by atoms with E-state index in [1.807, 2.05) is 0 Å². The first-order chi connectivity index (χ1) is 14.6. The van der Waals surface area contributed by atoms with Gasteiger partial charge in [0.15, 0.2) is 0 Å². The zero-order valence-electron chi connectivity index (χ0n) is 16.9. The van der Waals surface area contributed by atoms with Crippen LogP contribution in [0.15, 0.2) is 47.4 Å². The summed E-state index contributed by atoms with van der Waals surface area (Å²) in [5.41, 5.74) is -1.60. The number of nitrogens with zero attached hydrogens (tertiary/aromatic N) is 1. The number of benzene rings is 2. The van der Waals surface area contributed by atoms with Gasteiger partial charge in [-0.1, -0.05) is 25.0 Å². The van der Waals surface area contributed by atoms with Crippen LogP contribution in [0.1, 0.15) is 41.6 Å². The Morgan fingerprint density at radius 2 is 1.68 bits per heavy atom. The lowest BCUT2D eigenvalue weighted by atomic mass is 10.1. The number of methoxy groups -OCH3 is 1. The number of carbonyl (C=O) groups is 1. The predicted molar refractivity (Wildman–Crippen MR) is 110 cm³/mol. The molecule has 6 nitrogen and oxygen atoms in total. The Balaban J connectivity index is 1.95. The maximum atomic E-state index is 13.2. The maximum Gasteiger partial charge on any atom is 0.418 e. The van der Waals surface area contributed by atoms with Gasteiger partial charge in [0.25, 0.3) is 5.91 Å². The van der Waals surface area contributed by atoms with Gasteiger partial charge >= 0.3 is 6.18 Å². The molecule has 1 heterocycles. The number of carbonyl (C=O) groups excluding carboxylic acids is 1. The minimum atomic E-state index is -4.66. The van der Waals surface area contributed by atoms with Gasteiger partial charge in [0.05, 0.1) is 28.8 Å². The minimum absolute atomic E-state index is 0.0526. The predicted octanol–water partition coefficient (Wildman–Crippen LogP) is 4.53. The van der Waals surface area contributed by atoms with Gasteiger partial charge < -0.3 is 10.1 Å². The third-order valence-electron chi connectivity index (χ3n) is 5.10. The third-order valence-corrected chi connectivity index (χ3v) is 6.99. The van der Waals surface area contributed by atoms with Gasteiger partial charge in [-0.3, -0.25) is 4.79 Å². The summed E-state index contributed by atoms with van der Waals surface area (Å²) in [6, 6.07) is 8.37. The summed E-state index contributed by atoms with van der Waals surface area (Å²) < 4.78 is 72.4. The van der Waals surface area contributed by atoms with E-state index in [1.54, 1.807) is 0 Å².